The molecule has 1 amide bonds. The van der Waals surface area contributed by atoms with Crippen LogP contribution in [-0.4, -0.2) is 10.5 Å². The second-order valence-corrected chi connectivity index (χ2v) is 11.3. The monoisotopic (exact) mass is 630 g/mol. The molecule has 2 heterocycles. The highest BCUT2D eigenvalue weighted by Gasteiger charge is 2.37. The Hall–Kier alpha value is -3.58. The zero-order valence-corrected chi connectivity index (χ0v) is 23.9. The Morgan fingerprint density at radius 1 is 1.05 bits per heavy atom. The largest absolute Gasteiger partial charge is 0.384 e. The third-order valence-electron chi connectivity index (χ3n) is 6.16. The van der Waals surface area contributed by atoms with Crippen molar-refractivity contribution in [2.75, 3.05) is 5.32 Å². The topological polar surface area (TPSA) is 101 Å². The molecule has 3 aromatic carbocycles. The van der Waals surface area contributed by atoms with Gasteiger partial charge in [-0.2, -0.15) is 5.26 Å². The van der Waals surface area contributed by atoms with Crippen molar-refractivity contribution in [3.8, 4) is 6.07 Å². The molecular formula is C28H15Cl4FN4O2S. The number of carbonyl (C=O) groups excluding carboxylic acids is 1. The summed E-state index contributed by atoms with van der Waals surface area (Å²) in [5.41, 5.74) is 6.47. The average Bonchev–Trinajstić information content (AvgIpc) is 3.22. The number of amides is 1. The lowest BCUT2D eigenvalue weighted by Gasteiger charge is -2.26. The third-order valence-corrected chi connectivity index (χ3v) is 8.39. The number of allylic oxidation sites excluding steroid dienone is 1. The van der Waals surface area contributed by atoms with Gasteiger partial charge >= 0.3 is 0 Å². The number of anilines is 1. The summed E-state index contributed by atoms with van der Waals surface area (Å²) in [5, 5.41) is 14.0. The van der Waals surface area contributed by atoms with E-state index in [0.717, 1.165) is 15.9 Å². The molecule has 1 unspecified atom stereocenters. The molecule has 1 aliphatic heterocycles. The predicted octanol–water partition coefficient (Wildman–Crippen LogP) is 5.73. The summed E-state index contributed by atoms with van der Waals surface area (Å²) in [6.07, 6.45) is 1.53. The average molecular weight is 632 g/mol. The van der Waals surface area contributed by atoms with Gasteiger partial charge < -0.3 is 11.1 Å². The minimum Gasteiger partial charge on any atom is -0.384 e. The molecule has 3 N–H and O–H groups in total. The number of nitrogens with one attached hydrogen (secondary N) is 1. The fourth-order valence-electron chi connectivity index (χ4n) is 4.33. The SMILES string of the molecule is N#CC1=C(N)n2c(s/c(=C\c3ccc(Cl)cc3Cl)c2=O)=C(C(=O)Nc2ccccc2F)C1c1ccc(Cl)cc1Cl. The summed E-state index contributed by atoms with van der Waals surface area (Å²) in [6.45, 7) is 0. The van der Waals surface area contributed by atoms with E-state index in [-0.39, 0.29) is 36.9 Å². The second kappa shape index (κ2) is 11.1. The van der Waals surface area contributed by atoms with Crippen LogP contribution < -0.4 is 25.8 Å². The fourth-order valence-corrected chi connectivity index (χ4v) is 6.47. The molecule has 0 radical (unpaired) electrons. The highest BCUT2D eigenvalue weighted by Crippen LogP contribution is 2.40. The Kier molecular flexibility index (Phi) is 7.78. The maximum absolute atomic E-state index is 14.5. The van der Waals surface area contributed by atoms with Crippen molar-refractivity contribution in [1.29, 1.82) is 5.26 Å². The molecule has 6 nitrogen and oxygen atoms in total. The van der Waals surface area contributed by atoms with Crippen molar-refractivity contribution < 1.29 is 9.18 Å². The molecule has 5 rings (SSSR count). The van der Waals surface area contributed by atoms with Crippen molar-refractivity contribution in [2.24, 2.45) is 5.73 Å². The lowest BCUT2D eigenvalue weighted by atomic mass is 9.83. The Bertz CT molecular complexity index is 1980. The van der Waals surface area contributed by atoms with Crippen LogP contribution in [0.25, 0.3) is 17.5 Å². The van der Waals surface area contributed by atoms with Gasteiger partial charge in [0.25, 0.3) is 11.5 Å². The first-order chi connectivity index (χ1) is 19.1. The third kappa shape index (κ3) is 5.03. The molecule has 4 aromatic rings. The summed E-state index contributed by atoms with van der Waals surface area (Å²) >= 11 is 25.9. The van der Waals surface area contributed by atoms with Gasteiger partial charge in [0.2, 0.25) is 0 Å². The predicted molar refractivity (Wildman–Crippen MR) is 159 cm³/mol. The van der Waals surface area contributed by atoms with Crippen LogP contribution in [0.15, 0.2) is 71.0 Å². The number of fused-ring (bicyclic) bond motifs is 1. The first-order valence-corrected chi connectivity index (χ1v) is 13.8. The number of carbonyl (C=O) groups is 1. The fraction of sp³-hybridized carbons (Fsp3) is 0.0357. The minimum atomic E-state index is -1.09. The molecule has 1 aliphatic rings. The quantitative estimate of drug-likeness (QED) is 0.300. The van der Waals surface area contributed by atoms with Crippen molar-refractivity contribution in [3.05, 3.63) is 123 Å². The van der Waals surface area contributed by atoms with Gasteiger partial charge in [0.15, 0.2) is 0 Å². The van der Waals surface area contributed by atoms with E-state index < -0.39 is 23.2 Å². The minimum absolute atomic E-state index is 0.0258. The highest BCUT2D eigenvalue weighted by atomic mass is 35.5. The second-order valence-electron chi connectivity index (χ2n) is 8.58. The molecular weight excluding hydrogens is 617 g/mol. The van der Waals surface area contributed by atoms with Gasteiger partial charge in [-0.15, -0.1) is 11.3 Å². The zero-order chi connectivity index (χ0) is 28.7. The van der Waals surface area contributed by atoms with Crippen molar-refractivity contribution >= 4 is 86.8 Å². The van der Waals surface area contributed by atoms with Gasteiger partial charge in [0.1, 0.15) is 16.3 Å². The number of hydrogen-bond donors (Lipinski definition) is 2. The molecule has 1 atom stereocenters. The molecule has 0 aliphatic carbocycles. The first kappa shape index (κ1) is 28.0. The highest BCUT2D eigenvalue weighted by molar-refractivity contribution is 7.07. The Balaban J connectivity index is 1.85. The number of para-hydroxylation sites is 1. The van der Waals surface area contributed by atoms with Crippen LogP contribution in [0.4, 0.5) is 10.1 Å². The Morgan fingerprint density at radius 2 is 1.73 bits per heavy atom. The van der Waals surface area contributed by atoms with E-state index in [0.29, 0.717) is 26.2 Å². The van der Waals surface area contributed by atoms with Crippen LogP contribution in [-0.2, 0) is 4.79 Å². The van der Waals surface area contributed by atoms with Crippen LogP contribution in [0.2, 0.25) is 20.1 Å². The van der Waals surface area contributed by atoms with Gasteiger partial charge in [0, 0.05) is 20.1 Å². The zero-order valence-electron chi connectivity index (χ0n) is 20.0. The van der Waals surface area contributed by atoms with E-state index in [1.165, 1.54) is 36.4 Å². The number of thiazole rings is 1. The lowest BCUT2D eigenvalue weighted by molar-refractivity contribution is -0.111. The molecule has 200 valence electrons. The van der Waals surface area contributed by atoms with Gasteiger partial charge in [-0.05, 0) is 53.6 Å². The first-order valence-electron chi connectivity index (χ1n) is 11.4. The number of halogens is 5. The van der Waals surface area contributed by atoms with Gasteiger partial charge in [0.05, 0.1) is 33.4 Å². The van der Waals surface area contributed by atoms with Crippen molar-refractivity contribution in [1.82, 2.24) is 4.57 Å². The maximum Gasteiger partial charge on any atom is 0.274 e. The number of benzene rings is 3. The summed E-state index contributed by atoms with van der Waals surface area (Å²) in [4.78, 5) is 27.5. The summed E-state index contributed by atoms with van der Waals surface area (Å²) in [7, 11) is 0. The molecule has 40 heavy (non-hydrogen) atoms. The van der Waals surface area contributed by atoms with Crippen molar-refractivity contribution in [3.63, 3.8) is 0 Å². The van der Waals surface area contributed by atoms with Crippen LogP contribution in [0, 0.1) is 17.1 Å². The lowest BCUT2D eigenvalue weighted by Crippen LogP contribution is -2.40. The number of aromatic nitrogens is 1. The van der Waals surface area contributed by atoms with E-state index in [4.69, 9.17) is 52.1 Å². The van der Waals surface area contributed by atoms with Gasteiger partial charge in [-0.1, -0.05) is 70.7 Å². The summed E-state index contributed by atoms with van der Waals surface area (Å²) in [5.74, 6) is -2.68. The smallest absolute Gasteiger partial charge is 0.274 e. The molecule has 12 heteroatoms. The van der Waals surface area contributed by atoms with Gasteiger partial charge in [-0.25, -0.2) is 4.39 Å². The standard InChI is InChI=1S/C28H15Cl4FN4O2S/c29-14-6-5-13(18(31)10-14)9-22-27(39)37-25(35)17(12-34)23(16-8-7-15(30)11-19(16)32)24(28(37)40-22)26(38)36-21-4-2-1-3-20(21)33/h1-11,23H,35H2,(H,36,38)/b22-9-. The van der Waals surface area contributed by atoms with E-state index in [2.05, 4.69) is 5.32 Å². The number of nitrogens with zero attached hydrogens (tertiary/aromatic N) is 2. The Labute approximate surface area is 250 Å². The summed E-state index contributed by atoms with van der Waals surface area (Å²) < 4.78 is 15.9. The van der Waals surface area contributed by atoms with Crippen molar-refractivity contribution in [2.45, 2.75) is 5.92 Å². The maximum atomic E-state index is 14.5. The van der Waals surface area contributed by atoms with E-state index >= 15 is 0 Å². The number of nitriles is 1. The molecule has 0 fully saturated rings. The van der Waals surface area contributed by atoms with Crippen LogP contribution in [0.3, 0.4) is 0 Å². The Morgan fingerprint density at radius 3 is 2.38 bits per heavy atom. The molecule has 1 aromatic heterocycles. The summed E-state index contributed by atoms with van der Waals surface area (Å²) in [6, 6.07) is 17.0. The molecule has 0 saturated heterocycles. The van der Waals surface area contributed by atoms with Gasteiger partial charge in [-0.3, -0.25) is 14.2 Å². The van der Waals surface area contributed by atoms with E-state index in [9.17, 15) is 19.2 Å². The normalized spacial score (nSPS) is 15.2. The van der Waals surface area contributed by atoms with Crippen LogP contribution in [0.1, 0.15) is 17.0 Å². The number of hydrogen-bond acceptors (Lipinski definition) is 5. The van der Waals surface area contributed by atoms with E-state index in [1.807, 2.05) is 6.07 Å². The molecule has 0 saturated carbocycles. The van der Waals surface area contributed by atoms with E-state index in [1.54, 1.807) is 30.3 Å². The van der Waals surface area contributed by atoms with Crippen LogP contribution >= 0.6 is 57.7 Å². The molecule has 0 bridgehead atoms. The number of nitrogens with two attached hydrogens (primary N) is 1. The number of rotatable bonds is 4. The molecule has 0 spiro atoms. The van der Waals surface area contributed by atoms with Crippen LogP contribution in [0.5, 0.6) is 0 Å².